The minimum atomic E-state index is 0.474. The molecule has 1 fully saturated rings. The lowest BCUT2D eigenvalue weighted by Gasteiger charge is -2.31. The van der Waals surface area contributed by atoms with Crippen LogP contribution in [0.1, 0.15) is 51.0 Å². The first-order valence-electron chi connectivity index (χ1n) is 6.95. The third-order valence-corrected chi connectivity index (χ3v) is 3.94. The average molecular weight is 243 g/mol. The van der Waals surface area contributed by atoms with Crippen molar-refractivity contribution in [3.8, 4) is 6.07 Å². The predicted molar refractivity (Wildman–Crippen MR) is 73.2 cm³/mol. The van der Waals surface area contributed by atoms with Crippen LogP contribution in [0.4, 0.5) is 5.69 Å². The minimum Gasteiger partial charge on any atom is -0.380 e. The van der Waals surface area contributed by atoms with Gasteiger partial charge < -0.3 is 5.32 Å². The van der Waals surface area contributed by atoms with Gasteiger partial charge in [-0.25, -0.2) is 0 Å². The van der Waals surface area contributed by atoms with E-state index in [1.807, 2.05) is 0 Å². The highest BCUT2D eigenvalue weighted by atomic mass is 14.9. The molecule has 2 rings (SSSR count). The van der Waals surface area contributed by atoms with E-state index >= 15 is 0 Å². The summed E-state index contributed by atoms with van der Waals surface area (Å²) < 4.78 is 0. The Morgan fingerprint density at radius 2 is 2.22 bits per heavy atom. The molecule has 0 amide bonds. The summed E-state index contributed by atoms with van der Waals surface area (Å²) in [5, 5.41) is 12.6. The van der Waals surface area contributed by atoms with Crippen LogP contribution >= 0.6 is 0 Å². The molecule has 0 spiro atoms. The molecular formula is C15H21N3. The molecule has 18 heavy (non-hydrogen) atoms. The van der Waals surface area contributed by atoms with Crippen molar-refractivity contribution < 1.29 is 0 Å². The summed E-state index contributed by atoms with van der Waals surface area (Å²) in [5.74, 6) is 0.746. The second-order valence-corrected chi connectivity index (χ2v) is 5.09. The minimum absolute atomic E-state index is 0.474. The maximum atomic E-state index is 9.10. The number of nitrogens with zero attached hydrogens (tertiary/aromatic N) is 2. The summed E-state index contributed by atoms with van der Waals surface area (Å²) in [4.78, 5) is 4.11. The van der Waals surface area contributed by atoms with Gasteiger partial charge in [-0.2, -0.15) is 5.26 Å². The van der Waals surface area contributed by atoms with E-state index in [0.717, 1.165) is 18.0 Å². The van der Waals surface area contributed by atoms with Crippen LogP contribution in [-0.4, -0.2) is 11.0 Å². The Bertz CT molecular complexity index is 416. The maximum Gasteiger partial charge on any atom is 0.101 e. The number of nitriles is 1. The zero-order valence-corrected chi connectivity index (χ0v) is 11.0. The topological polar surface area (TPSA) is 48.7 Å². The number of hydrogen-bond donors (Lipinski definition) is 1. The second-order valence-electron chi connectivity index (χ2n) is 5.09. The zero-order chi connectivity index (χ0) is 12.8. The van der Waals surface area contributed by atoms with Gasteiger partial charge in [0.15, 0.2) is 0 Å². The van der Waals surface area contributed by atoms with Gasteiger partial charge in [-0.3, -0.25) is 4.98 Å². The lowest BCUT2D eigenvalue weighted by Crippen LogP contribution is -2.30. The third kappa shape index (κ3) is 3.01. The van der Waals surface area contributed by atoms with Crippen LogP contribution in [0.2, 0.25) is 0 Å². The van der Waals surface area contributed by atoms with E-state index in [1.165, 1.54) is 32.1 Å². The third-order valence-electron chi connectivity index (χ3n) is 3.94. The molecule has 1 saturated carbocycles. The summed E-state index contributed by atoms with van der Waals surface area (Å²) in [6.45, 7) is 2.22. The maximum absolute atomic E-state index is 9.10. The van der Waals surface area contributed by atoms with E-state index in [9.17, 15) is 0 Å². The van der Waals surface area contributed by atoms with Crippen molar-refractivity contribution in [1.29, 1.82) is 5.26 Å². The van der Waals surface area contributed by atoms with E-state index in [1.54, 1.807) is 18.5 Å². The van der Waals surface area contributed by atoms with Gasteiger partial charge >= 0.3 is 0 Å². The molecule has 1 aromatic rings. The summed E-state index contributed by atoms with van der Waals surface area (Å²) in [6, 6.07) is 4.47. The first kappa shape index (κ1) is 12.9. The van der Waals surface area contributed by atoms with Crippen LogP contribution in [-0.2, 0) is 0 Å². The average Bonchev–Trinajstić information content (AvgIpc) is 2.46. The van der Waals surface area contributed by atoms with Gasteiger partial charge in [-0.1, -0.05) is 26.2 Å². The fraction of sp³-hybridized carbons (Fsp3) is 0.600. The molecular weight excluding hydrogens is 222 g/mol. The SMILES string of the molecule is CCC(Nc1cnccc1C#N)C1CCCCC1. The molecule has 0 aliphatic heterocycles. The molecule has 1 aliphatic carbocycles. The largest absolute Gasteiger partial charge is 0.380 e. The fourth-order valence-corrected chi connectivity index (χ4v) is 2.90. The van der Waals surface area contributed by atoms with Crippen molar-refractivity contribution in [2.45, 2.75) is 51.5 Å². The standard InChI is InChI=1S/C15H21N3/c1-2-14(12-6-4-3-5-7-12)18-15-11-17-9-8-13(15)10-16/h8-9,11-12,14,18H,2-7H2,1H3. The van der Waals surface area contributed by atoms with E-state index in [4.69, 9.17) is 5.26 Å². The number of rotatable bonds is 4. The second kappa shape index (κ2) is 6.39. The van der Waals surface area contributed by atoms with Crippen molar-refractivity contribution >= 4 is 5.69 Å². The lowest BCUT2D eigenvalue weighted by molar-refractivity contribution is 0.313. The van der Waals surface area contributed by atoms with Gasteiger partial charge in [0.2, 0.25) is 0 Å². The number of hydrogen-bond acceptors (Lipinski definition) is 3. The van der Waals surface area contributed by atoms with E-state index in [2.05, 4.69) is 23.3 Å². The molecule has 1 atom stereocenters. The summed E-state index contributed by atoms with van der Waals surface area (Å²) >= 11 is 0. The molecule has 0 saturated heterocycles. The zero-order valence-electron chi connectivity index (χ0n) is 11.0. The Labute approximate surface area is 109 Å². The monoisotopic (exact) mass is 243 g/mol. The fourth-order valence-electron chi connectivity index (χ4n) is 2.90. The normalized spacial score (nSPS) is 18.0. The van der Waals surface area contributed by atoms with Crippen LogP contribution < -0.4 is 5.32 Å². The van der Waals surface area contributed by atoms with Gasteiger partial charge in [0, 0.05) is 12.2 Å². The van der Waals surface area contributed by atoms with Crippen molar-refractivity contribution in [2.24, 2.45) is 5.92 Å². The molecule has 96 valence electrons. The molecule has 1 heterocycles. The Morgan fingerprint density at radius 1 is 1.44 bits per heavy atom. The summed E-state index contributed by atoms with van der Waals surface area (Å²) in [6.07, 6.45) is 11.2. The van der Waals surface area contributed by atoms with Crippen molar-refractivity contribution in [2.75, 3.05) is 5.32 Å². The number of aromatic nitrogens is 1. The molecule has 0 bridgehead atoms. The number of pyridine rings is 1. The predicted octanol–water partition coefficient (Wildman–Crippen LogP) is 3.72. The lowest BCUT2D eigenvalue weighted by atomic mass is 9.83. The van der Waals surface area contributed by atoms with Crippen LogP contribution in [0.25, 0.3) is 0 Å². The van der Waals surface area contributed by atoms with E-state index < -0.39 is 0 Å². The molecule has 1 aliphatic rings. The summed E-state index contributed by atoms with van der Waals surface area (Å²) in [5.41, 5.74) is 1.58. The Morgan fingerprint density at radius 3 is 2.89 bits per heavy atom. The smallest absolute Gasteiger partial charge is 0.101 e. The van der Waals surface area contributed by atoms with Gasteiger partial charge in [-0.05, 0) is 31.2 Å². The van der Waals surface area contributed by atoms with Crippen molar-refractivity contribution in [1.82, 2.24) is 4.98 Å². The molecule has 3 heteroatoms. The van der Waals surface area contributed by atoms with Crippen LogP contribution in [0.15, 0.2) is 18.5 Å². The van der Waals surface area contributed by atoms with E-state index in [-0.39, 0.29) is 0 Å². The highest BCUT2D eigenvalue weighted by molar-refractivity contribution is 5.55. The molecule has 1 N–H and O–H groups in total. The van der Waals surface area contributed by atoms with Crippen LogP contribution in [0.5, 0.6) is 0 Å². The Kier molecular flexibility index (Phi) is 4.58. The Hall–Kier alpha value is -1.56. The summed E-state index contributed by atoms with van der Waals surface area (Å²) in [7, 11) is 0. The first-order valence-corrected chi connectivity index (χ1v) is 6.95. The van der Waals surface area contributed by atoms with Crippen molar-refractivity contribution in [3.05, 3.63) is 24.0 Å². The highest BCUT2D eigenvalue weighted by Gasteiger charge is 2.22. The van der Waals surface area contributed by atoms with Gasteiger partial charge in [0.1, 0.15) is 6.07 Å². The van der Waals surface area contributed by atoms with Crippen LogP contribution in [0, 0.1) is 17.2 Å². The van der Waals surface area contributed by atoms with E-state index in [0.29, 0.717) is 11.6 Å². The van der Waals surface area contributed by atoms with Crippen LogP contribution in [0.3, 0.4) is 0 Å². The number of nitrogens with one attached hydrogen (secondary N) is 1. The number of anilines is 1. The van der Waals surface area contributed by atoms with Gasteiger partial charge in [0.25, 0.3) is 0 Å². The molecule has 3 nitrogen and oxygen atoms in total. The van der Waals surface area contributed by atoms with Gasteiger partial charge in [-0.15, -0.1) is 0 Å². The quantitative estimate of drug-likeness (QED) is 0.876. The molecule has 0 radical (unpaired) electrons. The molecule has 1 aromatic heterocycles. The van der Waals surface area contributed by atoms with Gasteiger partial charge in [0.05, 0.1) is 17.4 Å². The van der Waals surface area contributed by atoms with Crippen molar-refractivity contribution in [3.63, 3.8) is 0 Å². The first-order chi connectivity index (χ1) is 8.85. The molecule has 0 aromatic carbocycles. The highest BCUT2D eigenvalue weighted by Crippen LogP contribution is 2.30. The molecule has 1 unspecified atom stereocenters. The Balaban J connectivity index is 2.07.